The number of ether oxygens (including phenoxy) is 2. The number of nitrogens with zero attached hydrogens (tertiary/aromatic N) is 2. The normalized spacial score (nSPS) is 13.1. The number of benzene rings is 3. The molecule has 1 aliphatic rings. The van der Waals surface area contributed by atoms with Crippen LogP contribution >= 0.6 is 0 Å². The van der Waals surface area contributed by atoms with E-state index in [9.17, 15) is 18.0 Å². The van der Waals surface area contributed by atoms with Crippen LogP contribution in [0.4, 0.5) is 5.69 Å². The van der Waals surface area contributed by atoms with Crippen molar-refractivity contribution in [3.8, 4) is 11.5 Å². The molecular formula is C30H35N3O6S. The van der Waals surface area contributed by atoms with Crippen LogP contribution in [0.2, 0.25) is 0 Å². The summed E-state index contributed by atoms with van der Waals surface area (Å²) in [4.78, 5) is 29.1. The largest absolute Gasteiger partial charge is 0.454 e. The predicted octanol–water partition coefficient (Wildman–Crippen LogP) is 3.65. The van der Waals surface area contributed by atoms with Gasteiger partial charge in [0.25, 0.3) is 0 Å². The quantitative estimate of drug-likeness (QED) is 0.381. The Labute approximate surface area is 235 Å². The van der Waals surface area contributed by atoms with E-state index in [1.807, 2.05) is 75.4 Å². The summed E-state index contributed by atoms with van der Waals surface area (Å²) in [5, 5.41) is 2.94. The summed E-state index contributed by atoms with van der Waals surface area (Å²) in [5.41, 5.74) is 3.03. The van der Waals surface area contributed by atoms with E-state index in [1.165, 1.54) is 11.0 Å². The van der Waals surface area contributed by atoms with Crippen LogP contribution in [0.15, 0.2) is 72.8 Å². The maximum Gasteiger partial charge on any atom is 0.244 e. The number of carbonyl (C=O) groups excluding carboxylic acids is 2. The molecule has 0 radical (unpaired) electrons. The number of carbonyl (C=O) groups is 2. The Hall–Kier alpha value is -4.05. The number of nitrogens with one attached hydrogen (secondary N) is 1. The average molecular weight is 566 g/mol. The molecule has 1 N–H and O–H groups in total. The smallest absolute Gasteiger partial charge is 0.244 e. The number of hydrogen-bond donors (Lipinski definition) is 1. The monoisotopic (exact) mass is 565 g/mol. The van der Waals surface area contributed by atoms with Gasteiger partial charge in [-0.3, -0.25) is 13.9 Å². The van der Waals surface area contributed by atoms with Gasteiger partial charge in [0.1, 0.15) is 12.6 Å². The van der Waals surface area contributed by atoms with Crippen molar-refractivity contribution in [3.05, 3.63) is 89.5 Å². The molecule has 4 rings (SSSR count). The molecule has 0 bridgehead atoms. The van der Waals surface area contributed by atoms with E-state index < -0.39 is 28.5 Å². The standard InChI is InChI=1S/C30H35N3O6S/c1-21(2)31-30(35)26(16-23-8-6-5-7-9-23)32(18-24-12-10-22(3)11-13-24)29(34)19-33(40(4,36)37)25-14-15-27-28(17-25)39-20-38-27/h5-15,17,21,26H,16,18-20H2,1-4H3,(H,31,35)/t26-/m1/s1. The second kappa shape index (κ2) is 12.4. The highest BCUT2D eigenvalue weighted by Gasteiger charge is 2.33. The van der Waals surface area contributed by atoms with Crippen molar-refractivity contribution < 1.29 is 27.5 Å². The minimum atomic E-state index is -3.88. The number of hydrogen-bond acceptors (Lipinski definition) is 6. The number of anilines is 1. The molecule has 0 saturated carbocycles. The van der Waals surface area contributed by atoms with Gasteiger partial charge in [0.2, 0.25) is 28.6 Å². The molecule has 2 amide bonds. The Morgan fingerprint density at radius 3 is 2.25 bits per heavy atom. The van der Waals surface area contributed by atoms with Crippen LogP contribution in [-0.4, -0.2) is 56.8 Å². The van der Waals surface area contributed by atoms with E-state index in [0.29, 0.717) is 11.5 Å². The molecule has 1 aliphatic heterocycles. The minimum absolute atomic E-state index is 0.0348. The second-order valence-electron chi connectivity index (χ2n) is 10.2. The summed E-state index contributed by atoms with van der Waals surface area (Å²) >= 11 is 0. The first-order valence-corrected chi connectivity index (χ1v) is 14.9. The zero-order valence-corrected chi connectivity index (χ0v) is 24.0. The van der Waals surface area contributed by atoms with Crippen molar-refractivity contribution in [2.75, 3.05) is 23.9 Å². The van der Waals surface area contributed by atoms with E-state index in [4.69, 9.17) is 9.47 Å². The van der Waals surface area contributed by atoms with Crippen molar-refractivity contribution in [2.45, 2.75) is 45.8 Å². The molecule has 0 saturated heterocycles. The molecule has 0 fully saturated rings. The van der Waals surface area contributed by atoms with Gasteiger partial charge < -0.3 is 19.7 Å². The zero-order chi connectivity index (χ0) is 28.9. The fraction of sp³-hybridized carbons (Fsp3) is 0.333. The lowest BCUT2D eigenvalue weighted by molar-refractivity contribution is -0.140. The van der Waals surface area contributed by atoms with Crippen molar-refractivity contribution in [3.63, 3.8) is 0 Å². The molecule has 212 valence electrons. The van der Waals surface area contributed by atoms with Gasteiger partial charge in [0.15, 0.2) is 11.5 Å². The number of amides is 2. The Morgan fingerprint density at radius 2 is 1.60 bits per heavy atom. The first-order chi connectivity index (χ1) is 19.0. The van der Waals surface area contributed by atoms with Crippen molar-refractivity contribution >= 4 is 27.5 Å². The van der Waals surface area contributed by atoms with Gasteiger partial charge in [-0.1, -0.05) is 60.2 Å². The van der Waals surface area contributed by atoms with Crippen LogP contribution in [0.5, 0.6) is 11.5 Å². The summed E-state index contributed by atoms with van der Waals surface area (Å²) in [6, 6.07) is 20.8. The highest BCUT2D eigenvalue weighted by Crippen LogP contribution is 2.36. The van der Waals surface area contributed by atoms with Gasteiger partial charge in [-0.25, -0.2) is 8.42 Å². The number of rotatable bonds is 11. The molecule has 0 aliphatic carbocycles. The zero-order valence-electron chi connectivity index (χ0n) is 23.2. The third-order valence-corrected chi connectivity index (χ3v) is 7.64. The highest BCUT2D eigenvalue weighted by molar-refractivity contribution is 7.92. The molecular weight excluding hydrogens is 530 g/mol. The second-order valence-corrected chi connectivity index (χ2v) is 12.1. The van der Waals surface area contributed by atoms with E-state index in [1.54, 1.807) is 12.1 Å². The Balaban J connectivity index is 1.72. The molecule has 0 unspecified atom stereocenters. The SMILES string of the molecule is Cc1ccc(CN(C(=O)CN(c2ccc3c(c2)OCO3)S(C)(=O)=O)[C@H](Cc2ccccc2)C(=O)NC(C)C)cc1. The third-order valence-electron chi connectivity index (χ3n) is 6.50. The van der Waals surface area contributed by atoms with Crippen molar-refractivity contribution in [1.82, 2.24) is 10.2 Å². The summed E-state index contributed by atoms with van der Waals surface area (Å²) in [6.07, 6.45) is 1.31. The molecule has 1 heterocycles. The number of sulfonamides is 1. The highest BCUT2D eigenvalue weighted by atomic mass is 32.2. The molecule has 0 aromatic heterocycles. The van der Waals surface area contributed by atoms with E-state index in [2.05, 4.69) is 5.32 Å². The fourth-order valence-corrected chi connectivity index (χ4v) is 5.32. The van der Waals surface area contributed by atoms with E-state index in [0.717, 1.165) is 27.3 Å². The molecule has 3 aromatic rings. The number of aryl methyl sites for hydroxylation is 1. The molecule has 3 aromatic carbocycles. The molecule has 0 spiro atoms. The summed E-state index contributed by atoms with van der Waals surface area (Å²) in [7, 11) is -3.88. The van der Waals surface area contributed by atoms with Crippen LogP contribution in [0.25, 0.3) is 0 Å². The lowest BCUT2D eigenvalue weighted by Gasteiger charge is -2.34. The average Bonchev–Trinajstić information content (AvgIpc) is 3.38. The van der Waals surface area contributed by atoms with E-state index >= 15 is 0 Å². The third kappa shape index (κ3) is 7.32. The lowest BCUT2D eigenvalue weighted by Crippen LogP contribution is -2.54. The van der Waals surface area contributed by atoms with Crippen molar-refractivity contribution in [1.29, 1.82) is 0 Å². The van der Waals surface area contributed by atoms with Gasteiger partial charge in [0.05, 0.1) is 11.9 Å². The summed E-state index contributed by atoms with van der Waals surface area (Å²) < 4.78 is 37.7. The first kappa shape index (κ1) is 28.9. The molecule has 9 nitrogen and oxygen atoms in total. The lowest BCUT2D eigenvalue weighted by atomic mass is 10.0. The van der Waals surface area contributed by atoms with Crippen LogP contribution in [0, 0.1) is 6.92 Å². The van der Waals surface area contributed by atoms with Crippen LogP contribution in [0.1, 0.15) is 30.5 Å². The Kier molecular flexibility index (Phi) is 8.99. The van der Waals surface area contributed by atoms with Gasteiger partial charge in [-0.15, -0.1) is 0 Å². The Morgan fingerprint density at radius 1 is 0.925 bits per heavy atom. The van der Waals surface area contributed by atoms with Gasteiger partial charge >= 0.3 is 0 Å². The van der Waals surface area contributed by atoms with Crippen LogP contribution < -0.4 is 19.1 Å². The van der Waals surface area contributed by atoms with Gasteiger partial charge in [0, 0.05) is 25.1 Å². The topological polar surface area (TPSA) is 105 Å². The van der Waals surface area contributed by atoms with Gasteiger partial charge in [-0.05, 0) is 44.0 Å². The molecule has 1 atom stereocenters. The predicted molar refractivity (Wildman–Crippen MR) is 154 cm³/mol. The summed E-state index contributed by atoms with van der Waals surface area (Å²) in [6.45, 7) is 5.35. The maximum absolute atomic E-state index is 14.1. The fourth-order valence-electron chi connectivity index (χ4n) is 4.48. The van der Waals surface area contributed by atoms with Crippen LogP contribution in [0.3, 0.4) is 0 Å². The Bertz CT molecular complexity index is 1440. The van der Waals surface area contributed by atoms with E-state index in [-0.39, 0.29) is 37.4 Å². The van der Waals surface area contributed by atoms with Gasteiger partial charge in [-0.2, -0.15) is 0 Å². The van der Waals surface area contributed by atoms with Crippen LogP contribution in [-0.2, 0) is 32.6 Å². The minimum Gasteiger partial charge on any atom is -0.454 e. The van der Waals surface area contributed by atoms with Crippen molar-refractivity contribution in [2.24, 2.45) is 0 Å². The molecule has 40 heavy (non-hydrogen) atoms. The summed E-state index contributed by atoms with van der Waals surface area (Å²) in [5.74, 6) is 0.0722. The first-order valence-electron chi connectivity index (χ1n) is 13.1. The number of fused-ring (bicyclic) bond motifs is 1. The maximum atomic E-state index is 14.1. The molecule has 10 heteroatoms.